The van der Waals surface area contributed by atoms with Gasteiger partial charge in [-0.1, -0.05) is 19.1 Å². The van der Waals surface area contributed by atoms with Gasteiger partial charge in [0.2, 0.25) is 5.91 Å². The Balaban J connectivity index is 1.57. The molecule has 1 atom stereocenters. The zero-order chi connectivity index (χ0) is 20.6. The van der Waals surface area contributed by atoms with Gasteiger partial charge in [-0.2, -0.15) is 5.10 Å². The first-order valence-corrected chi connectivity index (χ1v) is 9.62. The van der Waals surface area contributed by atoms with Gasteiger partial charge in [-0.25, -0.2) is 10.3 Å². The molecule has 8 heteroatoms. The zero-order valence-electron chi connectivity index (χ0n) is 15.6. The molecule has 1 N–H and O–H groups in total. The summed E-state index contributed by atoms with van der Waals surface area (Å²) in [6.07, 6.45) is 1.13. The van der Waals surface area contributed by atoms with Crippen molar-refractivity contribution in [3.05, 3.63) is 65.2 Å². The minimum atomic E-state index is -1.65. The predicted molar refractivity (Wildman–Crippen MR) is 107 cm³/mol. The van der Waals surface area contributed by atoms with E-state index in [1.165, 1.54) is 0 Å². The number of halogens is 1. The number of hydrogen-bond donors (Lipinski definition) is 1. The van der Waals surface area contributed by atoms with Crippen molar-refractivity contribution in [2.75, 3.05) is 0 Å². The van der Waals surface area contributed by atoms with E-state index in [0.717, 1.165) is 16.2 Å². The lowest BCUT2D eigenvalue weighted by Gasteiger charge is -2.34. The lowest BCUT2D eigenvalue weighted by molar-refractivity contribution is -0.121. The van der Waals surface area contributed by atoms with Gasteiger partial charge < -0.3 is 4.74 Å². The highest BCUT2D eigenvalue weighted by molar-refractivity contribution is 6.30. The molecule has 0 fully saturated rings. The molecule has 4 rings (SSSR count). The average Bonchev–Trinajstić information content (AvgIpc) is 3.00. The van der Waals surface area contributed by atoms with Crippen LogP contribution < -0.4 is 10.2 Å². The van der Waals surface area contributed by atoms with Gasteiger partial charge in [0.1, 0.15) is 5.75 Å². The molecule has 2 aromatic rings. The van der Waals surface area contributed by atoms with Gasteiger partial charge in [0.15, 0.2) is 0 Å². The molecule has 2 aromatic carbocycles. The van der Waals surface area contributed by atoms with Gasteiger partial charge >= 0.3 is 0 Å². The summed E-state index contributed by atoms with van der Waals surface area (Å²) >= 11 is 6.64. The number of alkyl halides is 1. The molecule has 0 aliphatic carbocycles. The van der Waals surface area contributed by atoms with Gasteiger partial charge in [-0.15, -0.1) is 0 Å². The Morgan fingerprint density at radius 3 is 2.17 bits per heavy atom. The van der Waals surface area contributed by atoms with Crippen molar-refractivity contribution in [2.24, 2.45) is 5.10 Å². The van der Waals surface area contributed by atoms with E-state index < -0.39 is 17.0 Å². The van der Waals surface area contributed by atoms with Crippen molar-refractivity contribution < 1.29 is 19.1 Å². The van der Waals surface area contributed by atoms with E-state index in [-0.39, 0.29) is 12.3 Å². The summed E-state index contributed by atoms with van der Waals surface area (Å²) in [5.74, 6) is -0.662. The summed E-state index contributed by atoms with van der Waals surface area (Å²) in [6, 6.07) is 13.6. The first-order valence-electron chi connectivity index (χ1n) is 9.24. The fraction of sp³-hybridized carbons (Fsp3) is 0.238. The van der Waals surface area contributed by atoms with Gasteiger partial charge in [0.05, 0.1) is 16.8 Å². The van der Waals surface area contributed by atoms with Crippen LogP contribution in [0.3, 0.4) is 0 Å². The lowest BCUT2D eigenvalue weighted by atomic mass is 10.0. The Bertz CT molecular complexity index is 999. The molecule has 7 nitrogen and oxygen atoms in total. The molecule has 2 aliphatic rings. The Morgan fingerprint density at radius 1 is 1.03 bits per heavy atom. The highest BCUT2D eigenvalue weighted by Gasteiger charge is 2.49. The molecule has 0 saturated heterocycles. The number of carbonyl (C=O) groups excluding carboxylic acids is 3. The number of amides is 3. The summed E-state index contributed by atoms with van der Waals surface area (Å²) in [5.41, 5.74) is 4.70. The quantitative estimate of drug-likeness (QED) is 0.464. The molecule has 29 heavy (non-hydrogen) atoms. The summed E-state index contributed by atoms with van der Waals surface area (Å²) < 4.78 is 5.91. The van der Waals surface area contributed by atoms with Crippen molar-refractivity contribution in [1.82, 2.24) is 10.3 Å². The monoisotopic (exact) mass is 411 g/mol. The molecule has 0 saturated carbocycles. The number of hydrazone groups is 1. The number of ether oxygens (including phenoxy) is 1. The Morgan fingerprint density at radius 2 is 1.66 bits per heavy atom. The van der Waals surface area contributed by atoms with Crippen LogP contribution in [-0.2, 0) is 4.79 Å². The van der Waals surface area contributed by atoms with Crippen molar-refractivity contribution >= 4 is 35.0 Å². The highest BCUT2D eigenvalue weighted by Crippen LogP contribution is 2.36. The number of fused-ring (bicyclic) bond motifs is 1. The molecule has 148 valence electrons. The minimum Gasteiger partial charge on any atom is -0.453 e. The van der Waals surface area contributed by atoms with E-state index in [1.54, 1.807) is 55.5 Å². The first-order chi connectivity index (χ1) is 13.9. The lowest BCUT2D eigenvalue weighted by Crippen LogP contribution is -2.51. The fourth-order valence-electron chi connectivity index (χ4n) is 3.35. The van der Waals surface area contributed by atoms with Gasteiger partial charge in [-0.05, 0) is 53.6 Å². The predicted octanol–water partition coefficient (Wildman–Crippen LogP) is 3.28. The van der Waals surface area contributed by atoms with Crippen LogP contribution in [0.15, 0.2) is 53.6 Å². The number of nitrogens with zero attached hydrogens (tertiary/aromatic N) is 2. The summed E-state index contributed by atoms with van der Waals surface area (Å²) in [5, 5.41) is 2.41. The fourth-order valence-corrected chi connectivity index (χ4v) is 3.59. The normalized spacial score (nSPS) is 18.1. The second-order valence-corrected chi connectivity index (χ2v) is 7.34. The van der Waals surface area contributed by atoms with Crippen LogP contribution in [0.25, 0.3) is 0 Å². The van der Waals surface area contributed by atoms with Crippen molar-refractivity contribution in [1.29, 1.82) is 0 Å². The van der Waals surface area contributed by atoms with Crippen LogP contribution >= 0.6 is 11.6 Å². The molecule has 0 bridgehead atoms. The summed E-state index contributed by atoms with van der Waals surface area (Å²) in [6.45, 7) is 1.74. The number of hydrogen-bond acceptors (Lipinski definition) is 5. The van der Waals surface area contributed by atoms with E-state index in [9.17, 15) is 14.4 Å². The maximum Gasteiger partial charge on any atom is 0.269 e. The van der Waals surface area contributed by atoms with Crippen molar-refractivity contribution in [2.45, 2.75) is 31.4 Å². The first kappa shape index (κ1) is 19.1. The Hall–Kier alpha value is -3.19. The van der Waals surface area contributed by atoms with Crippen LogP contribution in [0.4, 0.5) is 0 Å². The molecule has 1 unspecified atom stereocenters. The average molecular weight is 412 g/mol. The third-order valence-corrected chi connectivity index (χ3v) is 5.44. The second-order valence-electron chi connectivity index (χ2n) is 6.75. The Labute approximate surface area is 172 Å². The van der Waals surface area contributed by atoms with Crippen molar-refractivity contribution in [3.8, 4) is 5.75 Å². The molecule has 2 heterocycles. The topological polar surface area (TPSA) is 88.1 Å². The van der Waals surface area contributed by atoms with E-state index >= 15 is 0 Å². The highest BCUT2D eigenvalue weighted by atomic mass is 35.5. The summed E-state index contributed by atoms with van der Waals surface area (Å²) in [4.78, 5) is 37.8. The van der Waals surface area contributed by atoms with Crippen LogP contribution in [0.5, 0.6) is 5.75 Å². The SMILES string of the molecule is CCC(Cl)(Oc1ccc(C2=NNC(=O)CC2)cc1)N1C(=O)c2ccccc2C1=O. The smallest absolute Gasteiger partial charge is 0.269 e. The number of benzene rings is 2. The molecule has 0 aromatic heterocycles. The molecule has 2 aliphatic heterocycles. The van der Waals surface area contributed by atoms with Gasteiger partial charge in [0, 0.05) is 19.3 Å². The van der Waals surface area contributed by atoms with Crippen LogP contribution in [-0.4, -0.2) is 33.5 Å². The maximum absolute atomic E-state index is 12.8. The van der Waals surface area contributed by atoms with E-state index in [4.69, 9.17) is 16.3 Å². The van der Waals surface area contributed by atoms with E-state index in [1.807, 2.05) is 0 Å². The zero-order valence-corrected chi connectivity index (χ0v) is 16.4. The van der Waals surface area contributed by atoms with Crippen molar-refractivity contribution in [3.63, 3.8) is 0 Å². The van der Waals surface area contributed by atoms with Gasteiger partial charge in [0.25, 0.3) is 17.0 Å². The minimum absolute atomic E-state index is 0.107. The van der Waals surface area contributed by atoms with Crippen LogP contribution in [0, 0.1) is 0 Å². The number of nitrogens with one attached hydrogen (secondary N) is 1. The third-order valence-electron chi connectivity index (χ3n) is 4.93. The number of carbonyl (C=O) groups is 3. The van der Waals surface area contributed by atoms with E-state index in [0.29, 0.717) is 29.7 Å². The summed E-state index contributed by atoms with van der Waals surface area (Å²) in [7, 11) is 0. The molecule has 0 radical (unpaired) electrons. The number of rotatable bonds is 5. The second kappa shape index (κ2) is 7.33. The van der Waals surface area contributed by atoms with Crippen LogP contribution in [0.1, 0.15) is 52.5 Å². The van der Waals surface area contributed by atoms with E-state index in [2.05, 4.69) is 10.5 Å². The Kier molecular flexibility index (Phi) is 4.84. The molecular formula is C21H18ClN3O4. The van der Waals surface area contributed by atoms with Crippen LogP contribution in [0.2, 0.25) is 0 Å². The largest absolute Gasteiger partial charge is 0.453 e. The molecule has 3 amide bonds. The maximum atomic E-state index is 12.8. The molecular weight excluding hydrogens is 394 g/mol. The molecule has 0 spiro atoms. The third kappa shape index (κ3) is 3.38. The van der Waals surface area contributed by atoms with Gasteiger partial charge in [-0.3, -0.25) is 14.4 Å². The standard InChI is InChI=1S/C21H18ClN3O4/c1-2-21(22,25-19(27)15-5-3-4-6-16(15)20(25)28)29-14-9-7-13(8-10-14)17-11-12-18(26)24-23-17/h3-10H,2,11-12H2,1H3,(H,24,26). The number of imide groups is 1.